The molecule has 3 N–H and O–H groups in total. The monoisotopic (exact) mass is 524 g/mol. The van der Waals surface area contributed by atoms with Crippen molar-refractivity contribution < 1.29 is 19.4 Å². The Labute approximate surface area is 224 Å². The molecule has 0 aliphatic carbocycles. The predicted molar refractivity (Wildman–Crippen MR) is 152 cm³/mol. The quantitative estimate of drug-likeness (QED) is 0.412. The first-order valence-corrected chi connectivity index (χ1v) is 14.5. The van der Waals surface area contributed by atoms with Gasteiger partial charge in [-0.05, 0) is 44.1 Å². The van der Waals surface area contributed by atoms with Crippen molar-refractivity contribution in [1.82, 2.24) is 4.98 Å². The second-order valence-electron chi connectivity index (χ2n) is 10.3. The Morgan fingerprint density at radius 1 is 1.14 bits per heavy atom. The standard InChI is InChI=1S/C20H36O4.C7H10N2S.C2H6/c1-14-8-6-9-15(2)12-16(3)19(23)20(4,5)17(21)13-18(22)24-11-7-10-14;1-2-3-6-5-10-7(4-8)9-6;1-2/h14-17,21H,6-13H2,1-5H3;2-3,5H,4,8H2,1H3;1-2H3/b;3-2-;. The molecule has 1 saturated heterocycles. The van der Waals surface area contributed by atoms with Crippen LogP contribution in [0.15, 0.2) is 11.5 Å². The molecule has 1 aliphatic heterocycles. The molecule has 0 amide bonds. The lowest BCUT2D eigenvalue weighted by molar-refractivity contribution is -0.150. The molecule has 7 heteroatoms. The molecular weight excluding hydrogens is 472 g/mol. The predicted octanol–water partition coefficient (Wildman–Crippen LogP) is 6.80. The molecule has 0 spiro atoms. The Bertz CT molecular complexity index is 775. The van der Waals surface area contributed by atoms with E-state index in [-0.39, 0.29) is 18.1 Å². The number of aliphatic hydroxyl groups excluding tert-OH is 1. The summed E-state index contributed by atoms with van der Waals surface area (Å²) in [5.41, 5.74) is 5.46. The molecule has 2 heterocycles. The molecule has 1 fully saturated rings. The molecule has 1 aromatic heterocycles. The number of thiazole rings is 1. The summed E-state index contributed by atoms with van der Waals surface area (Å²) in [6, 6.07) is 0. The van der Waals surface area contributed by atoms with Crippen molar-refractivity contribution in [3.63, 3.8) is 0 Å². The summed E-state index contributed by atoms with van der Waals surface area (Å²) in [7, 11) is 0. The summed E-state index contributed by atoms with van der Waals surface area (Å²) in [5, 5.41) is 13.4. The molecule has 208 valence electrons. The molecule has 0 aromatic carbocycles. The molecule has 36 heavy (non-hydrogen) atoms. The maximum Gasteiger partial charge on any atom is 0.308 e. The fourth-order valence-electron chi connectivity index (χ4n) is 4.34. The van der Waals surface area contributed by atoms with Crippen molar-refractivity contribution in [3.05, 3.63) is 22.2 Å². The van der Waals surface area contributed by atoms with Crippen LogP contribution in [0, 0.1) is 23.2 Å². The molecule has 0 radical (unpaired) electrons. The lowest BCUT2D eigenvalue weighted by Gasteiger charge is -2.32. The summed E-state index contributed by atoms with van der Waals surface area (Å²) < 4.78 is 5.22. The van der Waals surface area contributed by atoms with E-state index < -0.39 is 17.5 Å². The van der Waals surface area contributed by atoms with Crippen molar-refractivity contribution in [2.45, 2.75) is 113 Å². The third-order valence-corrected chi connectivity index (χ3v) is 7.50. The zero-order valence-electron chi connectivity index (χ0n) is 24.0. The number of rotatable bonds is 2. The van der Waals surface area contributed by atoms with E-state index >= 15 is 0 Å². The Morgan fingerprint density at radius 3 is 2.33 bits per heavy atom. The number of carbonyl (C=O) groups excluding carboxylic acids is 2. The average Bonchev–Trinajstić information content (AvgIpc) is 3.30. The lowest BCUT2D eigenvalue weighted by atomic mass is 9.74. The Hall–Kier alpha value is -1.57. The lowest BCUT2D eigenvalue weighted by Crippen LogP contribution is -2.42. The van der Waals surface area contributed by atoms with E-state index in [1.807, 2.05) is 45.2 Å². The summed E-state index contributed by atoms with van der Waals surface area (Å²) >= 11 is 1.60. The number of aliphatic hydroxyl groups is 1. The number of carbonyl (C=O) groups is 2. The van der Waals surface area contributed by atoms with Gasteiger partial charge in [-0.3, -0.25) is 9.59 Å². The zero-order chi connectivity index (χ0) is 27.7. The number of hydrogen-bond acceptors (Lipinski definition) is 7. The van der Waals surface area contributed by atoms with Gasteiger partial charge in [0, 0.05) is 17.8 Å². The van der Waals surface area contributed by atoms with Crippen molar-refractivity contribution in [2.75, 3.05) is 6.61 Å². The van der Waals surface area contributed by atoms with Gasteiger partial charge in [0.25, 0.3) is 0 Å². The summed E-state index contributed by atoms with van der Waals surface area (Å²) in [6.45, 7) is 16.8. The Balaban J connectivity index is 0.000000845. The third kappa shape index (κ3) is 13.1. The minimum absolute atomic E-state index is 0.0371. The van der Waals surface area contributed by atoms with Gasteiger partial charge >= 0.3 is 5.97 Å². The molecular formula is C29H52N2O4S. The number of esters is 1. The molecule has 6 nitrogen and oxygen atoms in total. The number of ether oxygens (including phenoxy) is 1. The topological polar surface area (TPSA) is 103 Å². The van der Waals surface area contributed by atoms with Crippen LogP contribution in [0.5, 0.6) is 0 Å². The number of nitrogens with two attached hydrogens (primary N) is 1. The van der Waals surface area contributed by atoms with Crippen LogP contribution in [0.25, 0.3) is 6.08 Å². The van der Waals surface area contributed by atoms with Gasteiger partial charge in [0.05, 0.1) is 30.2 Å². The van der Waals surface area contributed by atoms with Crippen LogP contribution >= 0.6 is 11.3 Å². The Kier molecular flexibility index (Phi) is 17.8. The Morgan fingerprint density at radius 2 is 1.75 bits per heavy atom. The number of allylic oxidation sites excluding steroid dienone is 1. The number of aromatic nitrogens is 1. The molecule has 1 aliphatic rings. The van der Waals surface area contributed by atoms with Gasteiger partial charge in [0.2, 0.25) is 0 Å². The minimum atomic E-state index is -0.998. The first-order chi connectivity index (χ1) is 17.0. The fraction of sp³-hybridized carbons (Fsp3) is 0.759. The second-order valence-corrected chi connectivity index (χ2v) is 11.3. The van der Waals surface area contributed by atoms with Crippen LogP contribution in [0.2, 0.25) is 0 Å². The first kappa shape index (κ1) is 34.4. The number of cyclic esters (lactones) is 1. The minimum Gasteiger partial charge on any atom is -0.466 e. The zero-order valence-corrected chi connectivity index (χ0v) is 24.8. The van der Waals surface area contributed by atoms with Gasteiger partial charge in [-0.1, -0.05) is 73.8 Å². The van der Waals surface area contributed by atoms with E-state index in [0.29, 0.717) is 25.0 Å². The summed E-state index contributed by atoms with van der Waals surface area (Å²) in [4.78, 5) is 28.9. The van der Waals surface area contributed by atoms with Crippen molar-refractivity contribution in [2.24, 2.45) is 28.9 Å². The number of Topliss-reactive ketones (excluding diaryl/α,β-unsaturated/α-hetero) is 1. The van der Waals surface area contributed by atoms with E-state index in [2.05, 4.69) is 18.8 Å². The highest BCUT2D eigenvalue weighted by Crippen LogP contribution is 2.31. The highest BCUT2D eigenvalue weighted by Gasteiger charge is 2.39. The number of ketones is 1. The maximum atomic E-state index is 12.8. The smallest absolute Gasteiger partial charge is 0.308 e. The molecule has 4 unspecified atom stereocenters. The largest absolute Gasteiger partial charge is 0.466 e. The summed E-state index contributed by atoms with van der Waals surface area (Å²) in [5.74, 6) is 0.652. The van der Waals surface area contributed by atoms with Crippen LogP contribution in [0.4, 0.5) is 0 Å². The van der Waals surface area contributed by atoms with Crippen LogP contribution in [0.1, 0.15) is 111 Å². The number of nitrogens with zero attached hydrogens (tertiary/aromatic N) is 1. The maximum absolute atomic E-state index is 12.8. The number of hydrogen-bond donors (Lipinski definition) is 2. The molecule has 4 atom stereocenters. The first-order valence-electron chi connectivity index (χ1n) is 13.7. The van der Waals surface area contributed by atoms with Crippen LogP contribution in [0.3, 0.4) is 0 Å². The van der Waals surface area contributed by atoms with Crippen LogP contribution in [-0.4, -0.2) is 34.6 Å². The summed E-state index contributed by atoms with van der Waals surface area (Å²) in [6.07, 6.45) is 9.08. The van der Waals surface area contributed by atoms with Gasteiger partial charge in [0.15, 0.2) is 0 Å². The van der Waals surface area contributed by atoms with Gasteiger partial charge in [-0.2, -0.15) is 0 Å². The van der Waals surface area contributed by atoms with E-state index in [0.717, 1.165) is 36.4 Å². The van der Waals surface area contributed by atoms with Crippen molar-refractivity contribution in [1.29, 1.82) is 0 Å². The van der Waals surface area contributed by atoms with Gasteiger partial charge in [-0.15, -0.1) is 11.3 Å². The van der Waals surface area contributed by atoms with Crippen molar-refractivity contribution in [3.8, 4) is 0 Å². The van der Waals surface area contributed by atoms with Crippen molar-refractivity contribution >= 4 is 29.2 Å². The molecule has 1 aromatic rings. The van der Waals surface area contributed by atoms with E-state index in [4.69, 9.17) is 10.5 Å². The molecule has 2 rings (SSSR count). The highest BCUT2D eigenvalue weighted by atomic mass is 32.1. The van der Waals surface area contributed by atoms with E-state index in [1.165, 1.54) is 12.8 Å². The fourth-order valence-corrected chi connectivity index (χ4v) is 4.99. The van der Waals surface area contributed by atoms with E-state index in [9.17, 15) is 14.7 Å². The second kappa shape index (κ2) is 18.6. The normalized spacial score (nSPS) is 26.3. The third-order valence-electron chi connectivity index (χ3n) is 6.61. The SMILES string of the molecule is C/C=C\c1csc(CN)n1.CC.CC1CCCOC(=O)CC(O)C(C)(C)C(=O)C(C)CC(C)CCC1. The highest BCUT2D eigenvalue weighted by molar-refractivity contribution is 7.09. The van der Waals surface area contributed by atoms with Gasteiger partial charge in [-0.25, -0.2) is 4.98 Å². The average molecular weight is 525 g/mol. The van der Waals surface area contributed by atoms with E-state index in [1.54, 1.807) is 25.2 Å². The van der Waals surface area contributed by atoms with Crippen LogP contribution in [-0.2, 0) is 20.9 Å². The van der Waals surface area contributed by atoms with Gasteiger partial charge in [0.1, 0.15) is 10.8 Å². The molecule has 0 saturated carbocycles. The van der Waals surface area contributed by atoms with Gasteiger partial charge < -0.3 is 15.6 Å². The van der Waals surface area contributed by atoms with Crippen LogP contribution < -0.4 is 5.73 Å². The molecule has 0 bridgehead atoms.